The zero-order valence-electron chi connectivity index (χ0n) is 12.5. The molecule has 1 fully saturated rings. The number of hydrogen-bond acceptors (Lipinski definition) is 3. The third-order valence-electron chi connectivity index (χ3n) is 4.26. The minimum Gasteiger partial charge on any atom is -0.391 e. The molecular formula is C16H26N2O. The van der Waals surface area contributed by atoms with Crippen LogP contribution in [0.2, 0.25) is 0 Å². The van der Waals surface area contributed by atoms with Crippen LogP contribution in [0.5, 0.6) is 0 Å². The van der Waals surface area contributed by atoms with Crippen LogP contribution in [0.15, 0.2) is 18.2 Å². The quantitative estimate of drug-likeness (QED) is 0.909. The second-order valence-corrected chi connectivity index (χ2v) is 6.30. The second-order valence-electron chi connectivity index (χ2n) is 6.30. The van der Waals surface area contributed by atoms with Crippen molar-refractivity contribution in [3.8, 4) is 0 Å². The highest BCUT2D eigenvalue weighted by molar-refractivity contribution is 5.10. The molecule has 0 aliphatic heterocycles. The summed E-state index contributed by atoms with van der Waals surface area (Å²) in [7, 11) is 2.10. The lowest BCUT2D eigenvalue weighted by Crippen LogP contribution is -2.49. The first-order valence-corrected chi connectivity index (χ1v) is 7.28. The molecule has 3 heteroatoms. The van der Waals surface area contributed by atoms with E-state index in [0.29, 0.717) is 11.8 Å². The van der Waals surface area contributed by atoms with Crippen LogP contribution in [0.25, 0.3) is 0 Å². The lowest BCUT2D eigenvalue weighted by atomic mass is 9.77. The molecule has 2 rings (SSSR count). The molecule has 4 atom stereocenters. The van der Waals surface area contributed by atoms with E-state index in [-0.39, 0.29) is 12.1 Å². The van der Waals surface area contributed by atoms with Crippen molar-refractivity contribution in [3.63, 3.8) is 0 Å². The second kappa shape index (κ2) is 6.02. The molecule has 1 aliphatic rings. The molecule has 1 N–H and O–H groups in total. The Morgan fingerprint density at radius 3 is 2.68 bits per heavy atom. The molecule has 1 aromatic rings. The maximum atomic E-state index is 10.4. The van der Waals surface area contributed by atoms with Gasteiger partial charge in [-0.05, 0) is 50.8 Å². The van der Waals surface area contributed by atoms with Gasteiger partial charge in [0, 0.05) is 18.3 Å². The standard InChI is InChI=1S/C16H26N2O/c1-11-8-12(2)16(15(19)9-11)18(4)10-14-7-5-6-13(3)17-14/h5-7,11-12,15-16,19H,8-10H2,1-4H3. The average Bonchev–Trinajstić information content (AvgIpc) is 2.27. The maximum Gasteiger partial charge on any atom is 0.0700 e. The molecule has 1 heterocycles. The lowest BCUT2D eigenvalue weighted by Gasteiger charge is -2.42. The Bertz CT molecular complexity index is 409. The zero-order chi connectivity index (χ0) is 14.0. The summed E-state index contributed by atoms with van der Waals surface area (Å²) in [4.78, 5) is 6.82. The van der Waals surface area contributed by atoms with E-state index >= 15 is 0 Å². The van der Waals surface area contributed by atoms with Gasteiger partial charge < -0.3 is 5.11 Å². The van der Waals surface area contributed by atoms with Crippen molar-refractivity contribution in [2.24, 2.45) is 11.8 Å². The van der Waals surface area contributed by atoms with E-state index in [1.807, 2.05) is 19.1 Å². The molecule has 4 unspecified atom stereocenters. The highest BCUT2D eigenvalue weighted by atomic mass is 16.3. The van der Waals surface area contributed by atoms with Crippen molar-refractivity contribution in [2.75, 3.05) is 7.05 Å². The van der Waals surface area contributed by atoms with Gasteiger partial charge in [-0.1, -0.05) is 19.9 Å². The first-order chi connectivity index (χ1) is 8.97. The number of nitrogens with zero attached hydrogens (tertiary/aromatic N) is 2. The number of rotatable bonds is 3. The smallest absolute Gasteiger partial charge is 0.0700 e. The minimum absolute atomic E-state index is 0.214. The van der Waals surface area contributed by atoms with Crippen LogP contribution in [-0.4, -0.2) is 34.2 Å². The fourth-order valence-electron chi connectivity index (χ4n) is 3.58. The van der Waals surface area contributed by atoms with Crippen molar-refractivity contribution in [1.29, 1.82) is 0 Å². The number of aliphatic hydroxyl groups excluding tert-OH is 1. The molecule has 0 amide bonds. The molecule has 1 aromatic heterocycles. The first kappa shape index (κ1) is 14.5. The minimum atomic E-state index is -0.214. The van der Waals surface area contributed by atoms with Crippen molar-refractivity contribution >= 4 is 0 Å². The van der Waals surface area contributed by atoms with Crippen LogP contribution in [0, 0.1) is 18.8 Å². The molecule has 3 nitrogen and oxygen atoms in total. The van der Waals surface area contributed by atoms with E-state index in [0.717, 1.165) is 24.4 Å². The van der Waals surface area contributed by atoms with Gasteiger partial charge in [-0.2, -0.15) is 0 Å². The summed E-state index contributed by atoms with van der Waals surface area (Å²) >= 11 is 0. The SMILES string of the molecule is Cc1cccc(CN(C)C2C(C)CC(C)CC2O)n1. The van der Waals surface area contributed by atoms with Crippen LogP contribution in [-0.2, 0) is 6.54 Å². The summed E-state index contributed by atoms with van der Waals surface area (Å²) in [6, 6.07) is 6.38. The van der Waals surface area contributed by atoms with Gasteiger partial charge in [-0.15, -0.1) is 0 Å². The van der Waals surface area contributed by atoms with Crippen molar-refractivity contribution in [2.45, 2.75) is 52.3 Å². The van der Waals surface area contributed by atoms with Crippen molar-refractivity contribution < 1.29 is 5.11 Å². The fourth-order valence-corrected chi connectivity index (χ4v) is 3.58. The summed E-state index contributed by atoms with van der Waals surface area (Å²) < 4.78 is 0. The Morgan fingerprint density at radius 1 is 1.32 bits per heavy atom. The summed E-state index contributed by atoms with van der Waals surface area (Å²) in [6.45, 7) is 7.31. The molecular weight excluding hydrogens is 236 g/mol. The van der Waals surface area contributed by atoms with Crippen LogP contribution in [0.1, 0.15) is 38.1 Å². The van der Waals surface area contributed by atoms with Crippen LogP contribution < -0.4 is 0 Å². The Morgan fingerprint density at radius 2 is 2.05 bits per heavy atom. The van der Waals surface area contributed by atoms with E-state index < -0.39 is 0 Å². The average molecular weight is 262 g/mol. The number of aryl methyl sites for hydroxylation is 1. The van der Waals surface area contributed by atoms with Crippen LogP contribution >= 0.6 is 0 Å². The topological polar surface area (TPSA) is 36.4 Å². The fraction of sp³-hybridized carbons (Fsp3) is 0.688. The highest BCUT2D eigenvalue weighted by Gasteiger charge is 2.35. The Hall–Kier alpha value is -0.930. The molecule has 1 saturated carbocycles. The Labute approximate surface area is 116 Å². The summed E-state index contributed by atoms with van der Waals surface area (Å²) in [5, 5.41) is 10.4. The summed E-state index contributed by atoms with van der Waals surface area (Å²) in [6.07, 6.45) is 1.90. The van der Waals surface area contributed by atoms with Gasteiger partial charge in [0.25, 0.3) is 0 Å². The molecule has 19 heavy (non-hydrogen) atoms. The predicted octanol–water partition coefficient (Wildman–Crippen LogP) is 2.62. The van der Waals surface area contributed by atoms with Gasteiger partial charge >= 0.3 is 0 Å². The zero-order valence-corrected chi connectivity index (χ0v) is 12.5. The van der Waals surface area contributed by atoms with Gasteiger partial charge in [0.15, 0.2) is 0 Å². The van der Waals surface area contributed by atoms with E-state index in [1.165, 1.54) is 6.42 Å². The molecule has 0 radical (unpaired) electrons. The van der Waals surface area contributed by atoms with Crippen molar-refractivity contribution in [1.82, 2.24) is 9.88 Å². The summed E-state index contributed by atoms with van der Waals surface area (Å²) in [5.74, 6) is 1.17. The normalized spacial score (nSPS) is 31.7. The van der Waals surface area contributed by atoms with Crippen LogP contribution in [0.3, 0.4) is 0 Å². The van der Waals surface area contributed by atoms with E-state index in [9.17, 15) is 5.11 Å². The Kier molecular flexibility index (Phi) is 4.58. The van der Waals surface area contributed by atoms with Crippen molar-refractivity contribution in [3.05, 3.63) is 29.6 Å². The number of hydrogen-bond donors (Lipinski definition) is 1. The predicted molar refractivity (Wildman–Crippen MR) is 77.8 cm³/mol. The van der Waals surface area contributed by atoms with Crippen LogP contribution in [0.4, 0.5) is 0 Å². The monoisotopic (exact) mass is 262 g/mol. The van der Waals surface area contributed by atoms with Gasteiger partial charge in [0.2, 0.25) is 0 Å². The highest BCUT2D eigenvalue weighted by Crippen LogP contribution is 2.32. The maximum absolute atomic E-state index is 10.4. The molecule has 1 aliphatic carbocycles. The molecule has 0 aromatic carbocycles. The third kappa shape index (κ3) is 3.54. The molecule has 0 bridgehead atoms. The van der Waals surface area contributed by atoms with Gasteiger partial charge in [-0.3, -0.25) is 9.88 Å². The van der Waals surface area contributed by atoms with E-state index in [2.05, 4.69) is 36.8 Å². The third-order valence-corrected chi connectivity index (χ3v) is 4.26. The van der Waals surface area contributed by atoms with E-state index in [1.54, 1.807) is 0 Å². The number of likely N-dealkylation sites (N-methyl/N-ethyl adjacent to an activating group) is 1. The van der Waals surface area contributed by atoms with Gasteiger partial charge in [-0.25, -0.2) is 0 Å². The number of aromatic nitrogens is 1. The first-order valence-electron chi connectivity index (χ1n) is 7.28. The largest absolute Gasteiger partial charge is 0.391 e. The van der Waals surface area contributed by atoms with Gasteiger partial charge in [0.1, 0.15) is 0 Å². The Balaban J connectivity index is 2.04. The molecule has 0 spiro atoms. The number of aliphatic hydroxyl groups is 1. The lowest BCUT2D eigenvalue weighted by molar-refractivity contribution is -0.0174. The van der Waals surface area contributed by atoms with E-state index in [4.69, 9.17) is 0 Å². The molecule has 106 valence electrons. The molecule has 0 saturated heterocycles. The number of pyridine rings is 1. The van der Waals surface area contributed by atoms with Gasteiger partial charge in [0.05, 0.1) is 11.8 Å². The summed E-state index contributed by atoms with van der Waals surface area (Å²) in [5.41, 5.74) is 2.14.